The van der Waals surface area contributed by atoms with Crippen LogP contribution in [0.2, 0.25) is 0 Å². The number of hydrogen-bond acceptors (Lipinski definition) is 30. The summed E-state index contributed by atoms with van der Waals surface area (Å²) in [6, 6.07) is -2.96. The van der Waals surface area contributed by atoms with Gasteiger partial charge < -0.3 is 132 Å². The van der Waals surface area contributed by atoms with Crippen molar-refractivity contribution >= 4 is 100 Å². The molecule has 0 saturated carbocycles. The van der Waals surface area contributed by atoms with E-state index in [2.05, 4.69) is 57.9 Å². The molecule has 37 nitrogen and oxygen atoms in total. The molecule has 4 rings (SSSR count). The number of benzene rings is 1. The van der Waals surface area contributed by atoms with Crippen LogP contribution in [0.3, 0.4) is 0 Å². The van der Waals surface area contributed by atoms with Gasteiger partial charge in [-0.15, -0.1) is 35.3 Å². The van der Waals surface area contributed by atoms with E-state index in [1.165, 1.54) is 20.8 Å². The van der Waals surface area contributed by atoms with E-state index in [0.717, 1.165) is 35.3 Å². The van der Waals surface area contributed by atoms with Crippen LogP contribution in [0.5, 0.6) is 5.75 Å². The number of aliphatic hydroxyl groups is 9. The SMILES string of the molecule is CC(=O)N[C@@H]1[C@@H](O)[C@@H](O)[C@@H](CO)O[C@H]1SCCC(=O)NCCCCCNC(=O)CCOCC(COCCC(=O)NCCCCCNC(=O)CCS[C@@H]1O[C@H](CO)[C@H](O)[C@H](O)[C@H]1NC(C)=O)(COCCC(=O)NCCCCCNC(=O)CCS[C@@H]1O[C@H](CO)[C@H](O)[C@H](O)[C@H]1NC(C)=O)NC(=O)CCCCCCCCCCC(=O)Oc1c(F)c(F)c(F)c(F)c1F. The molecule has 45 heteroatoms. The van der Waals surface area contributed by atoms with Crippen molar-refractivity contribution in [1.82, 2.24) is 53.2 Å². The maximum atomic E-state index is 14.0. The number of nitrogens with one attached hydrogen (secondary N) is 10. The average molecular weight is 1840 g/mol. The van der Waals surface area contributed by atoms with Gasteiger partial charge in [-0.3, -0.25) is 52.7 Å². The van der Waals surface area contributed by atoms with Crippen LogP contribution in [-0.4, -0.2) is 322 Å². The largest absolute Gasteiger partial charge is 0.420 e. The lowest BCUT2D eigenvalue weighted by atomic mass is 9.98. The molecule has 710 valence electrons. The van der Waals surface area contributed by atoms with Gasteiger partial charge in [0.2, 0.25) is 93.9 Å². The van der Waals surface area contributed by atoms with Crippen LogP contribution in [-0.2, 0) is 81.2 Å². The molecule has 0 spiro atoms. The van der Waals surface area contributed by atoms with Crippen LogP contribution in [0.25, 0.3) is 0 Å². The fraction of sp³-hybridized carbons (Fsp3) is 0.785. The van der Waals surface area contributed by atoms with Crippen LogP contribution in [0.4, 0.5) is 22.0 Å². The van der Waals surface area contributed by atoms with E-state index in [4.69, 9.17) is 28.4 Å². The highest BCUT2D eigenvalue weighted by molar-refractivity contribution is 8.00. The summed E-state index contributed by atoms with van der Waals surface area (Å²) in [6.07, 6.45) is -2.63. The van der Waals surface area contributed by atoms with Crippen LogP contribution in [0, 0.1) is 29.1 Å². The molecule has 19 N–H and O–H groups in total. The Bertz CT molecular complexity index is 3150. The van der Waals surface area contributed by atoms with Crippen LogP contribution >= 0.6 is 35.3 Å². The van der Waals surface area contributed by atoms with Crippen molar-refractivity contribution in [3.63, 3.8) is 0 Å². The molecule has 1 aromatic rings. The number of rotatable bonds is 64. The third-order valence-electron chi connectivity index (χ3n) is 20.0. The lowest BCUT2D eigenvalue weighted by Gasteiger charge is -2.42. The number of unbranched alkanes of at least 4 members (excludes halogenated alkanes) is 13. The number of hydrogen-bond donors (Lipinski definition) is 19. The summed E-state index contributed by atoms with van der Waals surface area (Å²) >= 11 is 3.42. The Hall–Kier alpha value is -6.51. The van der Waals surface area contributed by atoms with Crippen LogP contribution < -0.4 is 57.9 Å². The Morgan fingerprint density at radius 3 is 0.879 bits per heavy atom. The lowest BCUT2D eigenvalue weighted by Crippen LogP contribution is -2.63. The van der Waals surface area contributed by atoms with Gasteiger partial charge in [0.15, 0.2) is 0 Å². The van der Waals surface area contributed by atoms with E-state index >= 15 is 0 Å². The minimum atomic E-state index is -2.39. The van der Waals surface area contributed by atoms with Gasteiger partial charge in [0, 0.05) is 129 Å². The number of carbonyl (C=O) groups excluding carboxylic acids is 11. The van der Waals surface area contributed by atoms with Gasteiger partial charge in [0.05, 0.1) is 77.6 Å². The van der Waals surface area contributed by atoms with Crippen LogP contribution in [0.1, 0.15) is 181 Å². The highest BCUT2D eigenvalue weighted by Gasteiger charge is 2.48. The molecule has 124 heavy (non-hydrogen) atoms. The Morgan fingerprint density at radius 2 is 0.597 bits per heavy atom. The average Bonchev–Trinajstić information content (AvgIpc) is 0.855. The summed E-state index contributed by atoms with van der Waals surface area (Å²) in [6.45, 7) is 2.64. The van der Waals surface area contributed by atoms with Crippen molar-refractivity contribution < 1.29 is 154 Å². The van der Waals surface area contributed by atoms with Gasteiger partial charge in [-0.25, -0.2) is 13.2 Å². The molecule has 0 aromatic heterocycles. The Balaban J connectivity index is 1.31. The van der Waals surface area contributed by atoms with Crippen molar-refractivity contribution in [2.24, 2.45) is 0 Å². The molecular formula is C79H129F5N10O27S3. The standard InChI is InChI=1S/C79H129F5N10O27S3/c1-47(98)91-66-72(112)69(109)50(41-95)118-76(66)122-38-26-56(104)88-32-18-10-15-29-85-53(101)23-35-115-44-79(94-59(107)21-13-8-6-4-5-7-9-14-22-60(108)121-75-64(83)62(81)61(80)63(82)65(75)84,45-116-36-24-54(102)86-30-16-11-19-33-89-57(105)27-39-123-77-67(92-48(2)99)73(113)70(110)51(42-96)119-77)46-117-37-25-55(103)87-31-17-12-20-34-90-58(106)28-40-124-78-68(93-49(3)100)74(114)71(111)52(43-97)120-78/h50-52,66-74,76-78,95-97,109-114H,4-46H2,1-3H3,(H,85,101)(H,86,102)(H,87,103)(H,88,104)(H,89,105)(H,90,106)(H,91,98)(H,92,99)(H,93,100)(H,94,107)/t50-,51-,52-,66-,67-,68-,69+,70+,71+,72-,73-,74-,76+,77+,78+/m1/s1. The zero-order valence-corrected chi connectivity index (χ0v) is 73.0. The fourth-order valence-electron chi connectivity index (χ4n) is 13.2. The van der Waals surface area contributed by atoms with Crippen molar-refractivity contribution in [3.05, 3.63) is 29.1 Å². The normalized spacial score (nSPS) is 22.5. The third kappa shape index (κ3) is 42.2. The molecule has 3 saturated heterocycles. The summed E-state index contributed by atoms with van der Waals surface area (Å²) in [5.41, 5.74) is -4.01. The zero-order chi connectivity index (χ0) is 91.5. The highest BCUT2D eigenvalue weighted by Crippen LogP contribution is 2.34. The summed E-state index contributed by atoms with van der Waals surface area (Å²) in [7, 11) is 0. The minimum Gasteiger partial charge on any atom is -0.420 e. The summed E-state index contributed by atoms with van der Waals surface area (Å²) in [4.78, 5) is 139. The fourth-order valence-corrected chi connectivity index (χ4v) is 16.7. The van der Waals surface area contributed by atoms with E-state index in [-0.39, 0.29) is 150 Å². The van der Waals surface area contributed by atoms with E-state index < -0.39 is 179 Å². The number of aliphatic hydroxyl groups excluding tert-OH is 9. The van der Waals surface area contributed by atoms with Crippen LogP contribution in [0.15, 0.2) is 0 Å². The Morgan fingerprint density at radius 1 is 0.339 bits per heavy atom. The number of esters is 1. The van der Waals surface area contributed by atoms with Gasteiger partial charge in [-0.05, 0) is 70.6 Å². The molecule has 3 aliphatic rings. The molecule has 3 heterocycles. The van der Waals surface area contributed by atoms with Gasteiger partial charge in [-0.1, -0.05) is 38.5 Å². The van der Waals surface area contributed by atoms with E-state index in [0.29, 0.717) is 142 Å². The first-order valence-electron chi connectivity index (χ1n) is 42.2. The topological polar surface area (TPSA) is 555 Å². The number of carbonyl (C=O) groups is 11. The molecule has 0 aliphatic carbocycles. The molecule has 3 aliphatic heterocycles. The number of amides is 10. The monoisotopic (exact) mass is 1840 g/mol. The first kappa shape index (κ1) is 110. The van der Waals surface area contributed by atoms with Gasteiger partial charge in [0.25, 0.3) is 0 Å². The summed E-state index contributed by atoms with van der Waals surface area (Å²) in [5, 5.41) is 119. The predicted octanol–water partition coefficient (Wildman–Crippen LogP) is -0.327. The molecule has 0 unspecified atom stereocenters. The molecule has 0 bridgehead atoms. The molecule has 10 amide bonds. The van der Waals surface area contributed by atoms with E-state index in [1.807, 2.05) is 0 Å². The number of halogens is 5. The molecule has 15 atom stereocenters. The van der Waals surface area contributed by atoms with Crippen molar-refractivity contribution in [3.8, 4) is 5.75 Å². The Labute approximate surface area is 730 Å². The molecule has 3 fully saturated rings. The first-order valence-corrected chi connectivity index (χ1v) is 45.3. The van der Waals surface area contributed by atoms with Crippen molar-refractivity contribution in [2.45, 2.75) is 276 Å². The quantitative estimate of drug-likeness (QED) is 0.00992. The highest BCUT2D eigenvalue weighted by atomic mass is 32.2. The second-order valence-corrected chi connectivity index (χ2v) is 34.0. The lowest BCUT2D eigenvalue weighted by molar-refractivity contribution is -0.173. The van der Waals surface area contributed by atoms with Gasteiger partial charge in [0.1, 0.15) is 76.8 Å². The van der Waals surface area contributed by atoms with E-state index in [9.17, 15) is 121 Å². The zero-order valence-electron chi connectivity index (χ0n) is 70.6. The van der Waals surface area contributed by atoms with E-state index in [1.54, 1.807) is 0 Å². The van der Waals surface area contributed by atoms with Crippen molar-refractivity contribution in [2.75, 3.05) is 116 Å². The van der Waals surface area contributed by atoms with Gasteiger partial charge >= 0.3 is 5.97 Å². The molecular weight excluding hydrogens is 1710 g/mol. The summed E-state index contributed by atoms with van der Waals surface area (Å²) in [5.74, 6) is -17.3. The first-order chi connectivity index (χ1) is 59.3. The second kappa shape index (κ2) is 61.9. The molecule has 1 aromatic carbocycles. The van der Waals surface area contributed by atoms with Gasteiger partial charge in [-0.2, -0.15) is 8.78 Å². The molecule has 0 radical (unpaired) electrons. The smallest absolute Gasteiger partial charge is 0.311 e. The number of thioether (sulfide) groups is 3. The van der Waals surface area contributed by atoms with Crippen molar-refractivity contribution in [1.29, 1.82) is 0 Å². The second-order valence-electron chi connectivity index (χ2n) is 30.4. The maximum Gasteiger partial charge on any atom is 0.311 e. The predicted molar refractivity (Wildman–Crippen MR) is 442 cm³/mol. The third-order valence-corrected chi connectivity index (χ3v) is 23.5. The summed E-state index contributed by atoms with van der Waals surface area (Å²) < 4.78 is 109. The number of ether oxygens (including phenoxy) is 7. The maximum absolute atomic E-state index is 14.0. The minimum absolute atomic E-state index is 0.0182. The Kier molecular flexibility index (Phi) is 54.8.